The average Bonchev–Trinajstić information content (AvgIpc) is 3.13. The van der Waals surface area contributed by atoms with Crippen molar-refractivity contribution in [3.05, 3.63) is 39.9 Å². The van der Waals surface area contributed by atoms with Gasteiger partial charge in [0.05, 0.1) is 17.6 Å². The van der Waals surface area contributed by atoms with Crippen molar-refractivity contribution in [2.24, 2.45) is 0 Å². The number of thiol groups is 1. The number of aliphatic hydroxyl groups is 1. The lowest BCUT2D eigenvalue weighted by Crippen LogP contribution is -2.53. The number of aliphatic hydroxyl groups excluding tert-OH is 1. The Bertz CT molecular complexity index is 759. The third-order valence-corrected chi connectivity index (χ3v) is 5.80. The first kappa shape index (κ1) is 21.4. The van der Waals surface area contributed by atoms with Gasteiger partial charge in [0.1, 0.15) is 12.6 Å². The normalized spacial score (nSPS) is 24.4. The molecule has 0 bridgehead atoms. The van der Waals surface area contributed by atoms with Crippen LogP contribution in [0.3, 0.4) is 0 Å². The van der Waals surface area contributed by atoms with Crippen LogP contribution in [0.25, 0.3) is 0 Å². The SMILES string of the molecule is O=C([C@@H]1C[C@H](S)CN1C(=O)OCc1ccc([N+](=O)[O-])cc1)N1CCCCC1CO. The number of ether oxygens (including phenoxy) is 1. The number of likely N-dealkylation sites (tertiary alicyclic amines) is 2. The van der Waals surface area contributed by atoms with Gasteiger partial charge >= 0.3 is 6.09 Å². The van der Waals surface area contributed by atoms with Gasteiger partial charge in [-0.25, -0.2) is 4.79 Å². The van der Waals surface area contributed by atoms with E-state index in [0.717, 1.165) is 19.3 Å². The fourth-order valence-corrected chi connectivity index (χ4v) is 4.24. The minimum absolute atomic E-state index is 0.0387. The molecule has 2 aliphatic rings. The molecule has 1 N–H and O–H groups in total. The van der Waals surface area contributed by atoms with Crippen LogP contribution in [0.4, 0.5) is 10.5 Å². The van der Waals surface area contributed by atoms with Crippen molar-refractivity contribution in [1.29, 1.82) is 0 Å². The molecule has 29 heavy (non-hydrogen) atoms. The zero-order chi connectivity index (χ0) is 21.0. The van der Waals surface area contributed by atoms with Gasteiger partial charge in [-0.05, 0) is 43.4 Å². The highest BCUT2D eigenvalue weighted by atomic mass is 32.1. The van der Waals surface area contributed by atoms with Crippen LogP contribution in [0.5, 0.6) is 0 Å². The topological polar surface area (TPSA) is 113 Å². The van der Waals surface area contributed by atoms with Gasteiger partial charge in [-0.3, -0.25) is 19.8 Å². The maximum Gasteiger partial charge on any atom is 0.410 e. The molecule has 0 spiro atoms. The maximum atomic E-state index is 13.1. The Hall–Kier alpha value is -2.33. The standard InChI is InChI=1S/C19H25N3O6S/c23-11-15-3-1-2-8-20(15)18(24)17-9-16(29)10-21(17)19(25)28-12-13-4-6-14(7-5-13)22(26)27/h4-7,15-17,23,29H,1-3,8-12H2/t15?,16-,17-/m0/s1. The molecule has 0 saturated carbocycles. The number of hydrogen-bond acceptors (Lipinski definition) is 7. The molecule has 2 aliphatic heterocycles. The van der Waals surface area contributed by atoms with E-state index in [1.807, 2.05) is 0 Å². The summed E-state index contributed by atoms with van der Waals surface area (Å²) in [5, 5.41) is 20.2. The van der Waals surface area contributed by atoms with Gasteiger partial charge in [0.15, 0.2) is 0 Å². The summed E-state index contributed by atoms with van der Waals surface area (Å²) in [6, 6.07) is 4.88. The number of benzene rings is 1. The summed E-state index contributed by atoms with van der Waals surface area (Å²) in [5.74, 6) is -0.174. The molecule has 10 heteroatoms. The van der Waals surface area contributed by atoms with Crippen molar-refractivity contribution >= 4 is 30.3 Å². The molecule has 0 aliphatic carbocycles. The molecule has 1 aromatic carbocycles. The fraction of sp³-hybridized carbons (Fsp3) is 0.579. The molecule has 3 atom stereocenters. The number of hydrogen-bond donors (Lipinski definition) is 2. The summed E-state index contributed by atoms with van der Waals surface area (Å²) in [6.45, 7) is 0.738. The van der Waals surface area contributed by atoms with Gasteiger partial charge in [0.2, 0.25) is 5.91 Å². The van der Waals surface area contributed by atoms with E-state index in [1.165, 1.54) is 29.2 Å². The van der Waals surface area contributed by atoms with Crippen molar-refractivity contribution in [2.75, 3.05) is 19.7 Å². The molecule has 1 unspecified atom stereocenters. The number of rotatable bonds is 5. The van der Waals surface area contributed by atoms with E-state index in [1.54, 1.807) is 4.90 Å². The van der Waals surface area contributed by atoms with Crippen molar-refractivity contribution in [3.63, 3.8) is 0 Å². The van der Waals surface area contributed by atoms with Gasteiger partial charge in [0.25, 0.3) is 5.69 Å². The van der Waals surface area contributed by atoms with Crippen LogP contribution >= 0.6 is 12.6 Å². The van der Waals surface area contributed by atoms with E-state index in [2.05, 4.69) is 12.6 Å². The van der Waals surface area contributed by atoms with Gasteiger partial charge in [0, 0.05) is 30.5 Å². The molecule has 0 radical (unpaired) electrons. The zero-order valence-corrected chi connectivity index (χ0v) is 16.9. The summed E-state index contributed by atoms with van der Waals surface area (Å²) < 4.78 is 5.34. The number of amides is 2. The second kappa shape index (κ2) is 9.45. The van der Waals surface area contributed by atoms with Crippen molar-refractivity contribution in [1.82, 2.24) is 9.80 Å². The summed E-state index contributed by atoms with van der Waals surface area (Å²) in [7, 11) is 0. The largest absolute Gasteiger partial charge is 0.445 e. The minimum atomic E-state index is -0.658. The van der Waals surface area contributed by atoms with E-state index in [0.29, 0.717) is 25.1 Å². The molecule has 2 fully saturated rings. The number of nitro benzene ring substituents is 1. The monoisotopic (exact) mass is 423 g/mol. The van der Waals surface area contributed by atoms with Crippen molar-refractivity contribution in [3.8, 4) is 0 Å². The molecular weight excluding hydrogens is 398 g/mol. The Morgan fingerprint density at radius 3 is 2.62 bits per heavy atom. The first-order valence-electron chi connectivity index (χ1n) is 9.67. The van der Waals surface area contributed by atoms with Crippen molar-refractivity contribution < 1.29 is 24.4 Å². The maximum absolute atomic E-state index is 13.1. The lowest BCUT2D eigenvalue weighted by molar-refractivity contribution is -0.384. The molecular formula is C19H25N3O6S. The number of non-ortho nitro benzene ring substituents is 1. The third kappa shape index (κ3) is 4.99. The Balaban J connectivity index is 1.63. The smallest absolute Gasteiger partial charge is 0.410 e. The van der Waals surface area contributed by atoms with Gasteiger partial charge in [-0.2, -0.15) is 12.6 Å². The van der Waals surface area contributed by atoms with Crippen LogP contribution in [0.1, 0.15) is 31.2 Å². The molecule has 9 nitrogen and oxygen atoms in total. The van der Waals surface area contributed by atoms with Crippen molar-refractivity contribution in [2.45, 2.75) is 49.6 Å². The average molecular weight is 423 g/mol. The molecule has 2 amide bonds. The summed E-state index contributed by atoms with van der Waals surface area (Å²) in [4.78, 5) is 39.0. The van der Waals surface area contributed by atoms with E-state index in [-0.39, 0.29) is 36.1 Å². The molecule has 3 rings (SSSR count). The number of nitro groups is 1. The van der Waals surface area contributed by atoms with Crippen LogP contribution in [0, 0.1) is 10.1 Å². The van der Waals surface area contributed by atoms with E-state index in [9.17, 15) is 24.8 Å². The molecule has 1 aromatic rings. The minimum Gasteiger partial charge on any atom is -0.445 e. The number of carbonyl (C=O) groups is 2. The van der Waals surface area contributed by atoms with Gasteiger partial charge in [-0.1, -0.05) is 0 Å². The van der Waals surface area contributed by atoms with Crippen LogP contribution in [-0.4, -0.2) is 68.9 Å². The highest BCUT2D eigenvalue weighted by molar-refractivity contribution is 7.81. The first-order valence-corrected chi connectivity index (χ1v) is 10.2. The van der Waals surface area contributed by atoms with Gasteiger partial charge < -0.3 is 14.7 Å². The number of carbonyl (C=O) groups excluding carboxylic acids is 2. The van der Waals surface area contributed by atoms with E-state index < -0.39 is 17.1 Å². The predicted octanol–water partition coefficient (Wildman–Crippen LogP) is 1.98. The second-order valence-corrected chi connectivity index (χ2v) is 8.13. The molecule has 0 aromatic heterocycles. The quantitative estimate of drug-likeness (QED) is 0.425. The molecule has 2 heterocycles. The van der Waals surface area contributed by atoms with Crippen LogP contribution in [-0.2, 0) is 16.1 Å². The highest BCUT2D eigenvalue weighted by Gasteiger charge is 2.42. The Kier molecular flexibility index (Phi) is 6.96. The number of piperidine rings is 1. The number of nitrogens with zero attached hydrogens (tertiary/aromatic N) is 3. The van der Waals surface area contributed by atoms with Crippen LogP contribution < -0.4 is 0 Å². The predicted molar refractivity (Wildman–Crippen MR) is 108 cm³/mol. The lowest BCUT2D eigenvalue weighted by atomic mass is 10.0. The Labute approximate surface area is 174 Å². The first-order chi connectivity index (χ1) is 13.9. The van der Waals surface area contributed by atoms with E-state index in [4.69, 9.17) is 4.74 Å². The highest BCUT2D eigenvalue weighted by Crippen LogP contribution is 2.27. The second-order valence-electron chi connectivity index (χ2n) is 7.40. The van der Waals surface area contributed by atoms with Crippen LogP contribution in [0.15, 0.2) is 24.3 Å². The Morgan fingerprint density at radius 2 is 1.97 bits per heavy atom. The summed E-state index contributed by atoms with van der Waals surface area (Å²) in [6.07, 6.45) is 2.42. The Morgan fingerprint density at radius 1 is 1.24 bits per heavy atom. The molecule has 158 valence electrons. The fourth-order valence-electron chi connectivity index (χ4n) is 3.86. The molecule has 2 saturated heterocycles. The third-order valence-electron chi connectivity index (χ3n) is 5.43. The zero-order valence-electron chi connectivity index (χ0n) is 16.0. The summed E-state index contributed by atoms with van der Waals surface area (Å²) in [5.41, 5.74) is 0.577. The lowest BCUT2D eigenvalue weighted by Gasteiger charge is -2.37. The van der Waals surface area contributed by atoms with Crippen LogP contribution in [0.2, 0.25) is 0 Å². The van der Waals surface area contributed by atoms with E-state index >= 15 is 0 Å². The summed E-state index contributed by atoms with van der Waals surface area (Å²) >= 11 is 4.44. The van der Waals surface area contributed by atoms with Gasteiger partial charge in [-0.15, -0.1) is 0 Å².